The molecule has 8 heteroatoms. The Hall–Kier alpha value is -3.68. The van der Waals surface area contributed by atoms with E-state index >= 15 is 0 Å². The second-order valence-electron chi connectivity index (χ2n) is 7.24. The number of rotatable bonds is 6. The molecule has 0 bridgehead atoms. The average molecular weight is 409 g/mol. The van der Waals surface area contributed by atoms with Gasteiger partial charge in [-0.3, -0.25) is 29.6 Å². The van der Waals surface area contributed by atoms with Crippen LogP contribution >= 0.6 is 0 Å². The van der Waals surface area contributed by atoms with E-state index in [1.807, 2.05) is 32.0 Å². The fourth-order valence-electron chi connectivity index (χ4n) is 3.04. The van der Waals surface area contributed by atoms with Crippen molar-refractivity contribution in [1.82, 2.24) is 10.4 Å². The molecule has 0 aliphatic carbocycles. The molecule has 0 radical (unpaired) electrons. The Morgan fingerprint density at radius 1 is 1.07 bits per heavy atom. The highest BCUT2D eigenvalue weighted by atomic mass is 16.5. The minimum atomic E-state index is -0.748. The summed E-state index contributed by atoms with van der Waals surface area (Å²) in [6, 6.07) is 14.2. The zero-order valence-corrected chi connectivity index (χ0v) is 16.8. The Kier molecular flexibility index (Phi) is 6.46. The summed E-state index contributed by atoms with van der Waals surface area (Å²) in [7, 11) is 0. The zero-order valence-electron chi connectivity index (χ0n) is 16.8. The van der Waals surface area contributed by atoms with Gasteiger partial charge in [-0.1, -0.05) is 35.4 Å². The largest absolute Gasteiger partial charge is 0.455 e. The quantitative estimate of drug-likeness (QED) is 0.710. The maximum absolute atomic E-state index is 12.3. The summed E-state index contributed by atoms with van der Waals surface area (Å²) in [5.74, 6) is -2.70. The van der Waals surface area contributed by atoms with Crippen LogP contribution in [-0.4, -0.2) is 41.9 Å². The number of carbonyl (C=O) groups is 4. The van der Waals surface area contributed by atoms with Crippen molar-refractivity contribution in [3.8, 4) is 0 Å². The van der Waals surface area contributed by atoms with Crippen LogP contribution in [0.1, 0.15) is 27.9 Å². The van der Waals surface area contributed by atoms with Crippen LogP contribution in [0, 0.1) is 19.8 Å². The number of hydrogen-bond donors (Lipinski definition) is 2. The predicted octanol–water partition coefficient (Wildman–Crippen LogP) is 1.98. The third kappa shape index (κ3) is 5.44. The minimum Gasteiger partial charge on any atom is -0.455 e. The van der Waals surface area contributed by atoms with Crippen LogP contribution in [0.4, 0.5) is 5.69 Å². The number of esters is 1. The van der Waals surface area contributed by atoms with Gasteiger partial charge in [0.1, 0.15) is 0 Å². The van der Waals surface area contributed by atoms with Gasteiger partial charge in [0.2, 0.25) is 5.91 Å². The third-order valence-electron chi connectivity index (χ3n) is 4.66. The molecule has 2 aromatic rings. The molecule has 1 atom stereocenters. The number of ether oxygens (including phenoxy) is 1. The van der Waals surface area contributed by atoms with Gasteiger partial charge in [0.05, 0.1) is 12.5 Å². The first-order valence-electron chi connectivity index (χ1n) is 9.53. The van der Waals surface area contributed by atoms with Gasteiger partial charge in [-0.15, -0.1) is 0 Å². The van der Waals surface area contributed by atoms with Gasteiger partial charge in [-0.05, 0) is 38.1 Å². The SMILES string of the molecule is Cc1ccc(NC(=O)COC(=O)[C@H]2CC(=O)N(NC(=O)c3cccc(C)c3)C2)cc1. The van der Waals surface area contributed by atoms with E-state index in [4.69, 9.17) is 4.74 Å². The highest BCUT2D eigenvalue weighted by Gasteiger charge is 2.36. The summed E-state index contributed by atoms with van der Waals surface area (Å²) in [5, 5.41) is 3.74. The molecule has 0 unspecified atom stereocenters. The number of hydrogen-bond acceptors (Lipinski definition) is 5. The molecule has 1 heterocycles. The number of hydrazine groups is 1. The van der Waals surface area contributed by atoms with Gasteiger partial charge in [0, 0.05) is 17.7 Å². The number of anilines is 1. The number of aryl methyl sites for hydroxylation is 2. The molecule has 3 rings (SSSR count). The average Bonchev–Trinajstić information content (AvgIpc) is 3.08. The van der Waals surface area contributed by atoms with Gasteiger partial charge < -0.3 is 10.1 Å². The molecule has 1 saturated heterocycles. The van der Waals surface area contributed by atoms with Crippen LogP contribution in [0.15, 0.2) is 48.5 Å². The van der Waals surface area contributed by atoms with Gasteiger partial charge in [0.25, 0.3) is 11.8 Å². The van der Waals surface area contributed by atoms with Gasteiger partial charge in [0.15, 0.2) is 6.61 Å². The summed E-state index contributed by atoms with van der Waals surface area (Å²) in [5.41, 5.74) is 5.51. The lowest BCUT2D eigenvalue weighted by atomic mass is 10.1. The third-order valence-corrected chi connectivity index (χ3v) is 4.66. The molecule has 2 aromatic carbocycles. The van der Waals surface area contributed by atoms with Crippen LogP contribution in [0.2, 0.25) is 0 Å². The van der Waals surface area contributed by atoms with Crippen molar-refractivity contribution in [3.05, 3.63) is 65.2 Å². The van der Waals surface area contributed by atoms with Crippen LogP contribution in [-0.2, 0) is 19.1 Å². The van der Waals surface area contributed by atoms with Crippen molar-refractivity contribution in [2.75, 3.05) is 18.5 Å². The second kappa shape index (κ2) is 9.21. The molecule has 0 aromatic heterocycles. The Bertz CT molecular complexity index is 971. The molecule has 8 nitrogen and oxygen atoms in total. The smallest absolute Gasteiger partial charge is 0.311 e. The maximum Gasteiger partial charge on any atom is 0.311 e. The fourth-order valence-corrected chi connectivity index (χ4v) is 3.04. The summed E-state index contributed by atoms with van der Waals surface area (Å²) in [6.45, 7) is 3.34. The van der Waals surface area contributed by atoms with E-state index < -0.39 is 30.3 Å². The van der Waals surface area contributed by atoms with E-state index in [9.17, 15) is 19.2 Å². The van der Waals surface area contributed by atoms with Crippen LogP contribution < -0.4 is 10.7 Å². The molecule has 1 fully saturated rings. The maximum atomic E-state index is 12.3. The minimum absolute atomic E-state index is 0.00516. The van der Waals surface area contributed by atoms with Crippen molar-refractivity contribution in [1.29, 1.82) is 0 Å². The Morgan fingerprint density at radius 2 is 1.80 bits per heavy atom. The van der Waals surface area contributed by atoms with E-state index in [0.717, 1.165) is 16.1 Å². The first-order chi connectivity index (χ1) is 14.3. The van der Waals surface area contributed by atoms with E-state index in [2.05, 4.69) is 10.7 Å². The standard InChI is InChI=1S/C22H23N3O5/c1-14-6-8-18(9-7-14)23-19(26)13-30-22(29)17-11-20(27)25(12-17)24-21(28)16-5-3-4-15(2)10-16/h3-10,17H,11-13H2,1-2H3,(H,23,26)(H,24,28)/t17-/m0/s1. The lowest BCUT2D eigenvalue weighted by Gasteiger charge is -2.17. The Balaban J connectivity index is 1.47. The first-order valence-corrected chi connectivity index (χ1v) is 9.53. The fraction of sp³-hybridized carbons (Fsp3) is 0.273. The van der Waals surface area contributed by atoms with Crippen molar-refractivity contribution in [2.24, 2.45) is 5.92 Å². The van der Waals surface area contributed by atoms with Gasteiger partial charge >= 0.3 is 5.97 Å². The van der Waals surface area contributed by atoms with E-state index in [0.29, 0.717) is 11.3 Å². The molecule has 156 valence electrons. The van der Waals surface area contributed by atoms with E-state index in [-0.39, 0.29) is 18.9 Å². The molecule has 2 N–H and O–H groups in total. The first kappa shape index (κ1) is 21.0. The molecular weight excluding hydrogens is 386 g/mol. The van der Waals surface area contributed by atoms with Crippen LogP contribution in [0.3, 0.4) is 0 Å². The molecule has 3 amide bonds. The van der Waals surface area contributed by atoms with E-state index in [1.54, 1.807) is 30.3 Å². The number of carbonyl (C=O) groups excluding carboxylic acids is 4. The monoisotopic (exact) mass is 409 g/mol. The molecule has 1 aliphatic rings. The molecule has 0 saturated carbocycles. The number of nitrogens with zero attached hydrogens (tertiary/aromatic N) is 1. The number of nitrogens with one attached hydrogen (secondary N) is 2. The van der Waals surface area contributed by atoms with Gasteiger partial charge in [-0.2, -0.15) is 0 Å². The topological polar surface area (TPSA) is 105 Å². The lowest BCUT2D eigenvalue weighted by molar-refractivity contribution is -0.151. The van der Waals surface area contributed by atoms with Crippen LogP contribution in [0.25, 0.3) is 0 Å². The zero-order chi connectivity index (χ0) is 21.7. The summed E-state index contributed by atoms with van der Waals surface area (Å²) in [6.07, 6.45) is -0.0908. The van der Waals surface area contributed by atoms with Crippen molar-refractivity contribution in [2.45, 2.75) is 20.3 Å². The van der Waals surface area contributed by atoms with Crippen molar-refractivity contribution < 1.29 is 23.9 Å². The van der Waals surface area contributed by atoms with Crippen molar-refractivity contribution >= 4 is 29.4 Å². The van der Waals surface area contributed by atoms with E-state index in [1.165, 1.54) is 0 Å². The normalized spacial score (nSPS) is 15.6. The van der Waals surface area contributed by atoms with Crippen molar-refractivity contribution in [3.63, 3.8) is 0 Å². The molecule has 0 spiro atoms. The number of amides is 3. The second-order valence-corrected chi connectivity index (χ2v) is 7.24. The highest BCUT2D eigenvalue weighted by molar-refractivity contribution is 5.97. The molecule has 1 aliphatic heterocycles. The van der Waals surface area contributed by atoms with Crippen LogP contribution in [0.5, 0.6) is 0 Å². The summed E-state index contributed by atoms with van der Waals surface area (Å²) < 4.78 is 5.04. The predicted molar refractivity (Wildman–Crippen MR) is 109 cm³/mol. The Labute approximate surface area is 174 Å². The summed E-state index contributed by atoms with van der Waals surface area (Å²) >= 11 is 0. The molecule has 30 heavy (non-hydrogen) atoms. The summed E-state index contributed by atoms with van der Waals surface area (Å²) in [4.78, 5) is 48.7. The highest BCUT2D eigenvalue weighted by Crippen LogP contribution is 2.18. The Morgan fingerprint density at radius 3 is 2.50 bits per heavy atom. The van der Waals surface area contributed by atoms with Gasteiger partial charge in [-0.25, -0.2) is 0 Å². The number of benzene rings is 2. The lowest BCUT2D eigenvalue weighted by Crippen LogP contribution is -2.43. The molecular formula is C22H23N3O5.